The van der Waals surface area contributed by atoms with Crippen molar-refractivity contribution in [3.8, 4) is 11.3 Å². The number of hydrogen-bond donors (Lipinski definition) is 2. The highest BCUT2D eigenvalue weighted by Crippen LogP contribution is 2.33. The lowest BCUT2D eigenvalue weighted by atomic mass is 10.0. The van der Waals surface area contributed by atoms with Crippen molar-refractivity contribution >= 4 is 44.4 Å². The van der Waals surface area contributed by atoms with E-state index in [-0.39, 0.29) is 12.3 Å². The van der Waals surface area contributed by atoms with Crippen LogP contribution in [-0.2, 0) is 27.2 Å². The second-order valence-corrected chi connectivity index (χ2v) is 10.6. The number of aromatic nitrogens is 4. The summed E-state index contributed by atoms with van der Waals surface area (Å²) in [5, 5.41) is 6.75. The Morgan fingerprint density at radius 2 is 1.75 bits per heavy atom. The third kappa shape index (κ3) is 4.78. The van der Waals surface area contributed by atoms with Crippen LogP contribution in [0, 0.1) is 0 Å². The molecule has 10 heteroatoms. The first-order chi connectivity index (χ1) is 19.6. The maximum atomic E-state index is 12.0. The van der Waals surface area contributed by atoms with E-state index in [4.69, 9.17) is 20.2 Å². The number of amides is 1. The van der Waals surface area contributed by atoms with Crippen molar-refractivity contribution in [2.24, 2.45) is 5.73 Å². The lowest BCUT2D eigenvalue weighted by molar-refractivity contribution is -0.117. The standard InChI is InChI=1S/C30H33N7O3/c31-28(38)17-21-16-25(20-1-4-27-22(15-20)19-32-37(27)6-5-35-7-11-39-12-8-35)33-30-24-3-2-23(18-26(24)34-29(21)30)36-9-13-40-14-10-36/h1-4,15-16,18-19,34H,5-14,17H2,(H2,31,38). The Labute approximate surface area is 231 Å². The van der Waals surface area contributed by atoms with Crippen molar-refractivity contribution in [2.45, 2.75) is 13.0 Å². The van der Waals surface area contributed by atoms with Gasteiger partial charge in [-0.2, -0.15) is 5.10 Å². The molecule has 3 N–H and O–H groups in total. The number of fused-ring (bicyclic) bond motifs is 4. The zero-order chi connectivity index (χ0) is 27.1. The summed E-state index contributed by atoms with van der Waals surface area (Å²) >= 11 is 0. The number of anilines is 1. The fourth-order valence-electron chi connectivity index (χ4n) is 5.89. The first kappa shape index (κ1) is 25.0. The molecule has 5 heterocycles. The van der Waals surface area contributed by atoms with Crippen molar-refractivity contribution in [1.29, 1.82) is 0 Å². The second kappa shape index (κ2) is 10.5. The molecule has 0 saturated carbocycles. The molecule has 0 radical (unpaired) electrons. The zero-order valence-electron chi connectivity index (χ0n) is 22.4. The Morgan fingerprint density at radius 3 is 2.55 bits per heavy atom. The van der Waals surface area contributed by atoms with E-state index >= 15 is 0 Å². The molecular formula is C30H33N7O3. The molecule has 2 aromatic carbocycles. The number of carbonyl (C=O) groups excluding carboxylic acids is 1. The summed E-state index contributed by atoms with van der Waals surface area (Å²) in [5.41, 5.74) is 13.2. The maximum absolute atomic E-state index is 12.0. The smallest absolute Gasteiger partial charge is 0.221 e. The summed E-state index contributed by atoms with van der Waals surface area (Å²) in [6, 6.07) is 14.7. The highest BCUT2D eigenvalue weighted by atomic mass is 16.5. The normalized spacial score (nSPS) is 16.9. The minimum absolute atomic E-state index is 0.136. The van der Waals surface area contributed by atoms with Crippen LogP contribution in [-0.4, -0.2) is 89.7 Å². The van der Waals surface area contributed by atoms with Crippen molar-refractivity contribution in [2.75, 3.05) is 64.1 Å². The Kier molecular flexibility index (Phi) is 6.58. The maximum Gasteiger partial charge on any atom is 0.221 e. The number of nitrogens with two attached hydrogens (primary N) is 1. The number of morpholine rings is 2. The average molecular weight is 540 g/mol. The number of carbonyl (C=O) groups is 1. The van der Waals surface area contributed by atoms with Crippen LogP contribution < -0.4 is 10.6 Å². The molecular weight excluding hydrogens is 506 g/mol. The molecule has 7 rings (SSSR count). The predicted octanol–water partition coefficient (Wildman–Crippen LogP) is 2.93. The van der Waals surface area contributed by atoms with Crippen molar-refractivity contribution < 1.29 is 14.3 Å². The van der Waals surface area contributed by atoms with Crippen LogP contribution in [0.15, 0.2) is 48.7 Å². The van der Waals surface area contributed by atoms with E-state index < -0.39 is 0 Å². The molecule has 40 heavy (non-hydrogen) atoms. The van der Waals surface area contributed by atoms with E-state index in [1.165, 1.54) is 0 Å². The van der Waals surface area contributed by atoms with E-state index in [1.807, 2.05) is 12.3 Å². The van der Waals surface area contributed by atoms with Gasteiger partial charge in [-0.15, -0.1) is 0 Å². The number of nitrogens with one attached hydrogen (secondary N) is 1. The molecule has 10 nitrogen and oxygen atoms in total. The van der Waals surface area contributed by atoms with Gasteiger partial charge < -0.3 is 25.1 Å². The van der Waals surface area contributed by atoms with Crippen LogP contribution in [0.1, 0.15) is 5.56 Å². The zero-order valence-corrected chi connectivity index (χ0v) is 22.4. The molecule has 0 bridgehead atoms. The van der Waals surface area contributed by atoms with Crippen molar-refractivity contribution in [1.82, 2.24) is 24.6 Å². The van der Waals surface area contributed by atoms with Crippen LogP contribution in [0.5, 0.6) is 0 Å². The Bertz CT molecular complexity index is 1700. The molecule has 0 spiro atoms. The van der Waals surface area contributed by atoms with Gasteiger partial charge in [-0.3, -0.25) is 14.4 Å². The summed E-state index contributed by atoms with van der Waals surface area (Å²) in [7, 11) is 0. The fraction of sp³-hybridized carbons (Fsp3) is 0.367. The first-order valence-electron chi connectivity index (χ1n) is 13.9. The highest BCUT2D eigenvalue weighted by Gasteiger charge is 2.18. The second-order valence-electron chi connectivity index (χ2n) is 10.6. The molecule has 2 fully saturated rings. The Hall–Kier alpha value is -3.99. The molecule has 2 aliphatic heterocycles. The van der Waals surface area contributed by atoms with Gasteiger partial charge in [0.15, 0.2) is 0 Å². The quantitative estimate of drug-likeness (QED) is 0.327. The Balaban J connectivity index is 1.24. The largest absolute Gasteiger partial charge is 0.379 e. The lowest BCUT2D eigenvalue weighted by Gasteiger charge is -2.28. The van der Waals surface area contributed by atoms with Gasteiger partial charge in [0.2, 0.25) is 5.91 Å². The van der Waals surface area contributed by atoms with Gasteiger partial charge >= 0.3 is 0 Å². The topological polar surface area (TPSA) is 115 Å². The van der Waals surface area contributed by atoms with Gasteiger partial charge in [-0.05, 0) is 42.0 Å². The number of H-pyrrole nitrogens is 1. The molecule has 0 atom stereocenters. The molecule has 206 valence electrons. The van der Waals surface area contributed by atoms with Crippen molar-refractivity contribution in [3.63, 3.8) is 0 Å². The number of ether oxygens (including phenoxy) is 2. The number of primary amides is 1. The van der Waals surface area contributed by atoms with Crippen LogP contribution in [0.25, 0.3) is 44.1 Å². The Morgan fingerprint density at radius 1 is 0.950 bits per heavy atom. The van der Waals surface area contributed by atoms with Gasteiger partial charge in [0.25, 0.3) is 0 Å². The number of nitrogens with zero attached hydrogens (tertiary/aromatic N) is 5. The molecule has 2 aliphatic rings. The van der Waals surface area contributed by atoms with Crippen LogP contribution in [0.4, 0.5) is 5.69 Å². The first-order valence-corrected chi connectivity index (χ1v) is 13.9. The summed E-state index contributed by atoms with van der Waals surface area (Å²) < 4.78 is 13.0. The van der Waals surface area contributed by atoms with E-state index in [0.717, 1.165) is 121 Å². The number of aromatic amines is 1. The van der Waals surface area contributed by atoms with Crippen LogP contribution >= 0.6 is 0 Å². The van der Waals surface area contributed by atoms with Crippen molar-refractivity contribution in [3.05, 3.63) is 54.2 Å². The molecule has 5 aromatic rings. The summed E-state index contributed by atoms with van der Waals surface area (Å²) in [4.78, 5) is 25.4. The molecule has 0 unspecified atom stereocenters. The van der Waals surface area contributed by atoms with Gasteiger partial charge in [0, 0.05) is 54.7 Å². The summed E-state index contributed by atoms with van der Waals surface area (Å²) in [6.45, 7) is 8.50. The van der Waals surface area contributed by atoms with Gasteiger partial charge in [0.05, 0.1) is 73.4 Å². The molecule has 3 aromatic heterocycles. The molecule has 0 aliphatic carbocycles. The average Bonchev–Trinajstić information content (AvgIpc) is 3.57. The summed E-state index contributed by atoms with van der Waals surface area (Å²) in [6.07, 6.45) is 2.05. The van der Waals surface area contributed by atoms with Gasteiger partial charge in [-0.25, -0.2) is 4.98 Å². The summed E-state index contributed by atoms with van der Waals surface area (Å²) in [5.74, 6) is -0.372. The fourth-order valence-corrected chi connectivity index (χ4v) is 5.89. The third-order valence-corrected chi connectivity index (χ3v) is 8.03. The van der Waals surface area contributed by atoms with Gasteiger partial charge in [0.1, 0.15) is 0 Å². The molecule has 1 amide bonds. The predicted molar refractivity (Wildman–Crippen MR) is 156 cm³/mol. The number of rotatable bonds is 7. The lowest BCUT2D eigenvalue weighted by Crippen LogP contribution is -2.38. The molecule has 2 saturated heterocycles. The van der Waals surface area contributed by atoms with Crippen LogP contribution in [0.3, 0.4) is 0 Å². The number of pyridine rings is 1. The van der Waals surface area contributed by atoms with E-state index in [1.54, 1.807) is 0 Å². The van der Waals surface area contributed by atoms with E-state index in [0.29, 0.717) is 0 Å². The van der Waals surface area contributed by atoms with E-state index in [9.17, 15) is 4.79 Å². The van der Waals surface area contributed by atoms with Crippen LogP contribution in [0.2, 0.25) is 0 Å². The minimum atomic E-state index is -0.372. The minimum Gasteiger partial charge on any atom is -0.379 e. The van der Waals surface area contributed by atoms with Gasteiger partial charge in [-0.1, -0.05) is 6.07 Å². The number of benzene rings is 2. The number of hydrogen-bond acceptors (Lipinski definition) is 7. The third-order valence-electron chi connectivity index (χ3n) is 8.03. The monoisotopic (exact) mass is 539 g/mol. The van der Waals surface area contributed by atoms with E-state index in [2.05, 4.69) is 61.0 Å². The highest BCUT2D eigenvalue weighted by molar-refractivity contribution is 6.08. The SMILES string of the molecule is NC(=O)Cc1cc(-c2ccc3c(cnn3CCN3CCOCC3)c2)nc2c1[nH]c1cc(N3CCOCC3)ccc12.